The van der Waals surface area contributed by atoms with Crippen LogP contribution >= 0.6 is 0 Å². The van der Waals surface area contributed by atoms with E-state index in [1.165, 1.54) is 5.57 Å². The van der Waals surface area contributed by atoms with Gasteiger partial charge in [0.25, 0.3) is 0 Å². The van der Waals surface area contributed by atoms with Gasteiger partial charge < -0.3 is 47.4 Å². The third-order valence-corrected chi connectivity index (χ3v) is 16.0. The van der Waals surface area contributed by atoms with Crippen molar-refractivity contribution >= 4 is 17.7 Å². The highest BCUT2D eigenvalue weighted by atomic mass is 16.8. The van der Waals surface area contributed by atoms with Gasteiger partial charge in [0.2, 0.25) is 6.29 Å². The Morgan fingerprint density at radius 1 is 0.806 bits per heavy atom. The van der Waals surface area contributed by atoms with Crippen LogP contribution in [0.15, 0.2) is 59.7 Å². The molecule has 4 aliphatic heterocycles. The second kappa shape index (κ2) is 15.4. The normalized spacial score (nSPS) is 40.5. The van der Waals surface area contributed by atoms with E-state index in [0.29, 0.717) is 26.1 Å². The van der Waals surface area contributed by atoms with Crippen LogP contribution in [0.1, 0.15) is 97.1 Å². The van der Waals surface area contributed by atoms with Crippen LogP contribution in [0.2, 0.25) is 0 Å². The molecule has 13 nitrogen and oxygen atoms in total. The highest BCUT2D eigenvalue weighted by Gasteiger charge is 3.01. The lowest BCUT2D eigenvalue weighted by Gasteiger charge is -2.54. The quantitative estimate of drug-likeness (QED) is 0.137. The minimum absolute atomic E-state index is 0.0238. The van der Waals surface area contributed by atoms with Gasteiger partial charge in [-0.1, -0.05) is 64.5 Å². The van der Waals surface area contributed by atoms with Gasteiger partial charge in [0.05, 0.1) is 58.6 Å². The largest absolute Gasteiger partial charge is 0.497 e. The predicted octanol–water partition coefficient (Wildman–Crippen LogP) is 6.74. The molecule has 8 aliphatic rings. The maximum Gasteiger partial charge on any atom is 0.308 e. The molecule has 2 spiro atoms. The number of carbonyl (C=O) groups excluding carboxylic acids is 3. The van der Waals surface area contributed by atoms with E-state index in [2.05, 4.69) is 20.8 Å². The molecule has 6 fully saturated rings. The molecule has 14 atom stereocenters. The Morgan fingerprint density at radius 3 is 2.05 bits per heavy atom. The predicted molar refractivity (Wildman–Crippen MR) is 221 cm³/mol. The summed E-state index contributed by atoms with van der Waals surface area (Å²) in [6.45, 7) is 11.0. The molecule has 0 aromatic heterocycles. The highest BCUT2D eigenvalue weighted by Crippen LogP contribution is 2.83. The lowest BCUT2D eigenvalue weighted by atomic mass is 9.46. The summed E-state index contributed by atoms with van der Waals surface area (Å²) in [6.07, 6.45) is 0.295. The minimum Gasteiger partial charge on any atom is -0.497 e. The lowest BCUT2D eigenvalue weighted by molar-refractivity contribution is -0.287. The van der Waals surface area contributed by atoms with Crippen molar-refractivity contribution in [1.29, 1.82) is 0 Å². The van der Waals surface area contributed by atoms with Crippen molar-refractivity contribution in [1.82, 2.24) is 0 Å². The maximum absolute atomic E-state index is 14.0. The fraction of sp³-hybridized carbons (Fsp3) is 0.653. The van der Waals surface area contributed by atoms with E-state index in [1.807, 2.05) is 62.4 Å². The first-order chi connectivity index (χ1) is 29.8. The van der Waals surface area contributed by atoms with E-state index in [-0.39, 0.29) is 54.2 Å². The van der Waals surface area contributed by atoms with Crippen molar-refractivity contribution < 1.29 is 61.8 Å². The molecule has 2 unspecified atom stereocenters. The Hall–Kier alpha value is -3.85. The average Bonchev–Trinajstić information content (AvgIpc) is 4.21. The van der Waals surface area contributed by atoms with E-state index in [9.17, 15) is 14.4 Å². The van der Waals surface area contributed by atoms with Crippen LogP contribution in [0, 0.1) is 23.2 Å². The number of Topliss-reactive ketones (excluding diaryl/α,β-unsaturated/α-hetero) is 1. The number of rotatable bonds is 15. The molecule has 4 heterocycles. The summed E-state index contributed by atoms with van der Waals surface area (Å²) < 4.78 is 63.1. The SMILES string of the molecule is CCC1O[C@@H](OC(=O)CCC(=O)O[C@@H]2[C@@]3(C(C)C)O[C@H]3[C@@H]3O[C@]34[C@]23O[C@H]3C[C@H]2C3=C(CC[C@@]24C)C(=O)CC3)C(C)[C@@H](OCc2ccc(OC)cc2)[C@@H]1OCc1ccc(OC)cc1. The first-order valence-corrected chi connectivity index (χ1v) is 22.7. The summed E-state index contributed by atoms with van der Waals surface area (Å²) in [6, 6.07) is 15.4. The van der Waals surface area contributed by atoms with Crippen LogP contribution in [-0.4, -0.2) is 97.8 Å². The van der Waals surface area contributed by atoms with E-state index in [1.54, 1.807) is 14.2 Å². The molecule has 334 valence electrons. The lowest BCUT2D eigenvalue weighted by Crippen LogP contribution is -2.70. The van der Waals surface area contributed by atoms with Crippen LogP contribution in [0.4, 0.5) is 0 Å². The fourth-order valence-corrected chi connectivity index (χ4v) is 12.6. The second-order valence-electron chi connectivity index (χ2n) is 19.3. The monoisotopic (exact) mass is 856 g/mol. The zero-order valence-corrected chi connectivity index (χ0v) is 36.8. The molecule has 0 N–H and O–H groups in total. The number of ether oxygens (including phenoxy) is 10. The molecule has 2 saturated carbocycles. The van der Waals surface area contributed by atoms with Crippen LogP contribution < -0.4 is 9.47 Å². The Bertz CT molecular complexity index is 2120. The van der Waals surface area contributed by atoms with Crippen LogP contribution in [0.25, 0.3) is 0 Å². The van der Waals surface area contributed by atoms with Gasteiger partial charge >= 0.3 is 11.9 Å². The van der Waals surface area contributed by atoms with Crippen molar-refractivity contribution in [3.05, 3.63) is 70.8 Å². The minimum atomic E-state index is -0.936. The third kappa shape index (κ3) is 6.26. The number of hydrogen-bond acceptors (Lipinski definition) is 13. The van der Waals surface area contributed by atoms with Crippen molar-refractivity contribution in [3.8, 4) is 11.5 Å². The molecule has 0 bridgehead atoms. The summed E-state index contributed by atoms with van der Waals surface area (Å²) in [4.78, 5) is 40.4. The zero-order valence-electron chi connectivity index (χ0n) is 36.8. The summed E-state index contributed by atoms with van der Waals surface area (Å²) in [5, 5.41) is 0. The zero-order chi connectivity index (χ0) is 43.3. The average molecular weight is 857 g/mol. The van der Waals surface area contributed by atoms with E-state index < -0.39 is 65.4 Å². The number of benzene rings is 2. The van der Waals surface area contributed by atoms with Crippen molar-refractivity contribution in [2.45, 2.75) is 165 Å². The number of methoxy groups -OCH3 is 2. The summed E-state index contributed by atoms with van der Waals surface area (Å²) in [7, 11) is 3.26. The molecule has 4 aliphatic carbocycles. The molecule has 62 heavy (non-hydrogen) atoms. The Balaban J connectivity index is 0.818. The number of carbonyl (C=O) groups is 3. The number of epoxide rings is 3. The molecule has 13 heteroatoms. The number of allylic oxidation sites excluding steroid dienone is 2. The maximum atomic E-state index is 14.0. The molecule has 2 aromatic carbocycles. The topological polar surface area (TPSA) is 153 Å². The van der Waals surface area contributed by atoms with Gasteiger partial charge in [-0.3, -0.25) is 14.4 Å². The highest BCUT2D eigenvalue weighted by molar-refractivity contribution is 5.99. The molecule has 2 aromatic rings. The summed E-state index contributed by atoms with van der Waals surface area (Å²) in [5.74, 6) is 0.488. The van der Waals surface area contributed by atoms with Gasteiger partial charge in [-0.15, -0.1) is 0 Å². The third-order valence-electron chi connectivity index (χ3n) is 16.0. The molecular formula is C49H60O13. The van der Waals surface area contributed by atoms with Crippen LogP contribution in [-0.2, 0) is 65.5 Å². The molecule has 0 amide bonds. The van der Waals surface area contributed by atoms with Gasteiger partial charge in [-0.2, -0.15) is 0 Å². The standard InChI is InChI=1S/C49H60O13/c1-8-36-41(56-25-29-11-15-31(54-7)16-12-29)40(55-24-28-9-13-30(53-6)14-10-28)27(4)44(57-36)58-38(51)19-20-39(52)59-45-47(26(2)3)42(61-47)43-49(62-43)46(5)22-21-33-32(17-18-35(33)50)34(46)23-37-48(45,49)60-37/h9-16,26-27,34,36-37,40-45H,8,17-25H2,1-7H3/t27?,34-,36?,37-,40+,41+,42-,43-,44-,45+,46-,47-,48+,49+/m0/s1. The fourth-order valence-electron chi connectivity index (χ4n) is 12.6. The Labute approximate surface area is 363 Å². The summed E-state index contributed by atoms with van der Waals surface area (Å²) >= 11 is 0. The van der Waals surface area contributed by atoms with Gasteiger partial charge in [-0.25, -0.2) is 0 Å². The smallest absolute Gasteiger partial charge is 0.308 e. The van der Waals surface area contributed by atoms with Crippen molar-refractivity contribution in [2.75, 3.05) is 14.2 Å². The van der Waals surface area contributed by atoms with E-state index in [4.69, 9.17) is 47.4 Å². The number of hydrogen-bond donors (Lipinski definition) is 0. The van der Waals surface area contributed by atoms with Gasteiger partial charge in [0.15, 0.2) is 17.5 Å². The number of fused-ring (bicyclic) bond motifs is 4. The molecule has 10 rings (SSSR count). The first kappa shape index (κ1) is 42.1. The molecule has 4 saturated heterocycles. The van der Waals surface area contributed by atoms with Crippen molar-refractivity contribution in [2.24, 2.45) is 23.2 Å². The first-order valence-electron chi connectivity index (χ1n) is 22.7. The Morgan fingerprint density at radius 2 is 1.44 bits per heavy atom. The van der Waals surface area contributed by atoms with Crippen molar-refractivity contribution in [3.63, 3.8) is 0 Å². The van der Waals surface area contributed by atoms with Gasteiger partial charge in [0.1, 0.15) is 41.0 Å². The number of esters is 2. The second-order valence-corrected chi connectivity index (χ2v) is 19.3. The molecular weight excluding hydrogens is 797 g/mol. The van der Waals surface area contributed by atoms with Gasteiger partial charge in [-0.05, 0) is 84.9 Å². The Kier molecular flexibility index (Phi) is 10.5. The van der Waals surface area contributed by atoms with E-state index >= 15 is 0 Å². The number of ketones is 1. The van der Waals surface area contributed by atoms with Gasteiger partial charge in [0, 0.05) is 17.8 Å². The molecule has 0 radical (unpaired) electrons. The van der Waals surface area contributed by atoms with E-state index in [0.717, 1.165) is 53.9 Å². The summed E-state index contributed by atoms with van der Waals surface area (Å²) in [5.41, 5.74) is 1.68. The van der Waals surface area contributed by atoms with Crippen LogP contribution in [0.5, 0.6) is 11.5 Å². The van der Waals surface area contributed by atoms with Crippen LogP contribution in [0.3, 0.4) is 0 Å².